The van der Waals surface area contributed by atoms with Crippen LogP contribution in [0.4, 0.5) is 0 Å². The summed E-state index contributed by atoms with van der Waals surface area (Å²) in [5.41, 5.74) is 2.21. The van der Waals surface area contributed by atoms with E-state index in [1.54, 1.807) is 18.3 Å². The van der Waals surface area contributed by atoms with Crippen molar-refractivity contribution in [3.8, 4) is 0 Å². The summed E-state index contributed by atoms with van der Waals surface area (Å²) >= 11 is 0. The molecule has 0 saturated heterocycles. The third-order valence-corrected chi connectivity index (χ3v) is 4.10. The number of fused-ring (bicyclic) bond motifs is 1. The molecule has 0 atom stereocenters. The predicted molar refractivity (Wildman–Crippen MR) is 92.8 cm³/mol. The van der Waals surface area contributed by atoms with Gasteiger partial charge in [-0.3, -0.25) is 4.98 Å². The molecule has 0 spiro atoms. The summed E-state index contributed by atoms with van der Waals surface area (Å²) in [6, 6.07) is 3.53. The fourth-order valence-electron chi connectivity index (χ4n) is 2.76. The SMILES string of the molecule is CCCCNC(CCCC)=C1CC(N=O)=c2cccnc2=C1O. The first-order valence-electron chi connectivity index (χ1n) is 8.40. The highest BCUT2D eigenvalue weighted by molar-refractivity contribution is 5.67. The summed E-state index contributed by atoms with van der Waals surface area (Å²) < 4.78 is 0. The van der Waals surface area contributed by atoms with Crippen LogP contribution in [-0.2, 0) is 0 Å². The lowest BCUT2D eigenvalue weighted by Gasteiger charge is -2.19. The normalized spacial score (nSPS) is 16.1. The Bertz CT molecular complexity index is 707. The minimum Gasteiger partial charge on any atom is -0.505 e. The van der Waals surface area contributed by atoms with Gasteiger partial charge in [0.15, 0.2) is 0 Å². The van der Waals surface area contributed by atoms with Crippen molar-refractivity contribution in [2.24, 2.45) is 5.18 Å². The first-order valence-corrected chi connectivity index (χ1v) is 8.40. The molecular weight excluding hydrogens is 290 g/mol. The number of aliphatic hydroxyl groups excluding tert-OH is 1. The summed E-state index contributed by atoms with van der Waals surface area (Å²) in [5, 5.41) is 18.4. The molecule has 2 N–H and O–H groups in total. The average molecular weight is 315 g/mol. The molecule has 0 aliphatic heterocycles. The van der Waals surface area contributed by atoms with Crippen LogP contribution < -0.4 is 15.9 Å². The van der Waals surface area contributed by atoms with Crippen LogP contribution in [-0.4, -0.2) is 16.6 Å². The molecule has 1 heterocycles. The second-order valence-electron chi connectivity index (χ2n) is 5.80. The molecule has 0 radical (unpaired) electrons. The van der Waals surface area contributed by atoms with Crippen molar-refractivity contribution in [1.29, 1.82) is 0 Å². The van der Waals surface area contributed by atoms with Gasteiger partial charge in [-0.15, -0.1) is 4.91 Å². The van der Waals surface area contributed by atoms with E-state index in [4.69, 9.17) is 0 Å². The van der Waals surface area contributed by atoms with Crippen LogP contribution >= 0.6 is 0 Å². The number of unbranched alkanes of at least 4 members (excludes halogenated alkanes) is 2. The lowest BCUT2D eigenvalue weighted by atomic mass is 9.96. The van der Waals surface area contributed by atoms with Gasteiger partial charge < -0.3 is 10.4 Å². The molecule has 2 rings (SSSR count). The van der Waals surface area contributed by atoms with Crippen molar-refractivity contribution in [2.75, 3.05) is 6.54 Å². The molecule has 1 aromatic heterocycles. The van der Waals surface area contributed by atoms with Gasteiger partial charge in [-0.1, -0.05) is 26.7 Å². The van der Waals surface area contributed by atoms with Crippen LogP contribution in [0.25, 0.3) is 11.5 Å². The van der Waals surface area contributed by atoms with Crippen LogP contribution in [0.2, 0.25) is 0 Å². The highest BCUT2D eigenvalue weighted by Gasteiger charge is 2.20. The lowest BCUT2D eigenvalue weighted by molar-refractivity contribution is 0.494. The zero-order chi connectivity index (χ0) is 16.7. The van der Waals surface area contributed by atoms with E-state index in [9.17, 15) is 10.0 Å². The van der Waals surface area contributed by atoms with Crippen molar-refractivity contribution in [2.45, 2.75) is 52.4 Å². The Morgan fingerprint density at radius 2 is 2.13 bits per heavy atom. The second-order valence-corrected chi connectivity index (χ2v) is 5.80. The van der Waals surface area contributed by atoms with Gasteiger partial charge in [0.05, 0.1) is 5.70 Å². The topological polar surface area (TPSA) is 74.6 Å². The summed E-state index contributed by atoms with van der Waals surface area (Å²) in [6.45, 7) is 5.15. The van der Waals surface area contributed by atoms with Gasteiger partial charge in [-0.2, -0.15) is 0 Å². The average Bonchev–Trinajstić information content (AvgIpc) is 2.59. The highest BCUT2D eigenvalue weighted by Crippen LogP contribution is 2.25. The molecular formula is C18H25N3O2. The van der Waals surface area contributed by atoms with Crippen LogP contribution in [0.1, 0.15) is 52.4 Å². The first kappa shape index (κ1) is 17.2. The third-order valence-electron chi connectivity index (χ3n) is 4.10. The molecule has 0 saturated carbocycles. The molecule has 1 aliphatic carbocycles. The standard InChI is InChI=1S/C18H25N3O2/c1-3-5-9-15(19-10-6-4-2)14-12-16(21-23)13-8-7-11-20-17(13)18(14)22/h7-8,11,19,22H,3-6,9-10,12H2,1-2H3. The first-order chi connectivity index (χ1) is 11.2. The van der Waals surface area contributed by atoms with Crippen LogP contribution in [0.15, 0.2) is 34.8 Å². The number of hydrogen-bond acceptors (Lipinski definition) is 5. The zero-order valence-corrected chi connectivity index (χ0v) is 13.9. The Hall–Kier alpha value is -2.17. The fourth-order valence-corrected chi connectivity index (χ4v) is 2.76. The molecule has 0 fully saturated rings. The Morgan fingerprint density at radius 3 is 2.83 bits per heavy atom. The Balaban J connectivity index is 2.51. The smallest absolute Gasteiger partial charge is 0.147 e. The Labute approximate surface area is 136 Å². The van der Waals surface area contributed by atoms with Gasteiger partial charge in [-0.05, 0) is 36.6 Å². The summed E-state index contributed by atoms with van der Waals surface area (Å²) in [6.07, 6.45) is 7.11. The van der Waals surface area contributed by atoms with E-state index in [0.717, 1.165) is 49.9 Å². The molecule has 5 heteroatoms. The number of rotatable bonds is 8. The molecule has 0 aromatic carbocycles. The number of aromatic nitrogens is 1. The molecule has 0 unspecified atom stereocenters. The van der Waals surface area contributed by atoms with Crippen molar-refractivity contribution in [3.05, 3.63) is 45.1 Å². The van der Waals surface area contributed by atoms with Crippen molar-refractivity contribution in [3.63, 3.8) is 0 Å². The molecule has 0 bridgehead atoms. The predicted octanol–water partition coefficient (Wildman–Crippen LogP) is 2.86. The Morgan fingerprint density at radius 1 is 1.35 bits per heavy atom. The van der Waals surface area contributed by atoms with Gasteiger partial charge in [0, 0.05) is 35.7 Å². The third kappa shape index (κ3) is 3.97. The van der Waals surface area contributed by atoms with E-state index in [0.29, 0.717) is 22.7 Å². The van der Waals surface area contributed by atoms with Crippen LogP contribution in [0.3, 0.4) is 0 Å². The molecule has 0 amide bonds. The number of nitroso groups, excluding NO2 is 1. The number of allylic oxidation sites excluding steroid dienone is 1. The quantitative estimate of drug-likeness (QED) is 0.571. The minimum atomic E-state index is 0.170. The molecule has 23 heavy (non-hydrogen) atoms. The maximum absolute atomic E-state index is 11.2. The highest BCUT2D eigenvalue weighted by atomic mass is 16.3. The molecule has 1 aliphatic rings. The molecule has 5 nitrogen and oxygen atoms in total. The van der Waals surface area contributed by atoms with Gasteiger partial charge in [0.2, 0.25) is 0 Å². The minimum absolute atomic E-state index is 0.170. The van der Waals surface area contributed by atoms with E-state index < -0.39 is 0 Å². The zero-order valence-electron chi connectivity index (χ0n) is 13.9. The number of nitrogens with one attached hydrogen (secondary N) is 1. The van der Waals surface area contributed by atoms with E-state index in [2.05, 4.69) is 29.3 Å². The fraction of sp³-hybridized carbons (Fsp3) is 0.500. The van der Waals surface area contributed by atoms with Crippen molar-refractivity contribution >= 4 is 11.5 Å². The van der Waals surface area contributed by atoms with E-state index in [-0.39, 0.29) is 5.76 Å². The van der Waals surface area contributed by atoms with Gasteiger partial charge >= 0.3 is 0 Å². The van der Waals surface area contributed by atoms with Crippen molar-refractivity contribution < 1.29 is 5.11 Å². The summed E-state index contributed by atoms with van der Waals surface area (Å²) in [7, 11) is 0. The summed E-state index contributed by atoms with van der Waals surface area (Å²) in [5.74, 6) is 0.170. The largest absolute Gasteiger partial charge is 0.505 e. The maximum atomic E-state index is 11.2. The van der Waals surface area contributed by atoms with Crippen molar-refractivity contribution in [1.82, 2.24) is 10.3 Å². The van der Waals surface area contributed by atoms with E-state index in [1.807, 2.05) is 0 Å². The van der Waals surface area contributed by atoms with Gasteiger partial charge in [-0.25, -0.2) is 0 Å². The number of hydrogen-bond donors (Lipinski definition) is 2. The Kier molecular flexibility index (Phi) is 6.32. The van der Waals surface area contributed by atoms with Gasteiger partial charge in [0.1, 0.15) is 11.1 Å². The monoisotopic (exact) mass is 315 g/mol. The lowest BCUT2D eigenvalue weighted by Crippen LogP contribution is -2.36. The number of pyridine rings is 1. The molecule has 1 aromatic rings. The van der Waals surface area contributed by atoms with E-state index in [1.165, 1.54) is 0 Å². The second kappa shape index (κ2) is 8.46. The van der Waals surface area contributed by atoms with Crippen LogP contribution in [0.5, 0.6) is 0 Å². The number of nitrogens with zero attached hydrogens (tertiary/aromatic N) is 2. The van der Waals surface area contributed by atoms with Crippen LogP contribution in [0, 0.1) is 4.91 Å². The summed E-state index contributed by atoms with van der Waals surface area (Å²) in [4.78, 5) is 15.5. The molecule has 124 valence electrons. The maximum Gasteiger partial charge on any atom is 0.147 e. The van der Waals surface area contributed by atoms with Gasteiger partial charge in [0.25, 0.3) is 0 Å². The van der Waals surface area contributed by atoms with E-state index >= 15 is 0 Å². The number of aliphatic hydroxyl groups is 1.